The molecular weight excluding hydrogens is 382 g/mol. The minimum atomic E-state index is -3.01. The number of aromatic hydroxyl groups is 2. The van der Waals surface area contributed by atoms with Gasteiger partial charge in [0.15, 0.2) is 5.76 Å². The number of hydrogen-bond acceptors (Lipinski definition) is 8. The number of fused-ring (bicyclic) bond motifs is 3. The maximum atomic E-state index is 13.2. The van der Waals surface area contributed by atoms with Crippen LogP contribution in [0.3, 0.4) is 0 Å². The van der Waals surface area contributed by atoms with Gasteiger partial charge in [-0.05, 0) is 35.9 Å². The Morgan fingerprint density at radius 3 is 2.41 bits per heavy atom. The smallest absolute Gasteiger partial charge is 0.256 e. The molecule has 2 aromatic carbocycles. The molecule has 9 heteroatoms. The Morgan fingerprint density at radius 1 is 1.14 bits per heavy atom. The van der Waals surface area contributed by atoms with Crippen molar-refractivity contribution in [1.29, 1.82) is 0 Å². The number of nitrogens with two attached hydrogens (primary N) is 1. The number of hydrogen-bond donors (Lipinski definition) is 5. The summed E-state index contributed by atoms with van der Waals surface area (Å²) >= 11 is 0. The SMILES string of the molecule is Cc1c2c(c(O)c3c(O)cccc13)C(=O)[C@@]1(O)C(=O)C(C(N)=O)=C(O)C(=O)C1C2. The van der Waals surface area contributed by atoms with Crippen molar-refractivity contribution in [1.82, 2.24) is 0 Å². The summed E-state index contributed by atoms with van der Waals surface area (Å²) in [6.07, 6.45) is -0.358. The van der Waals surface area contributed by atoms with E-state index in [2.05, 4.69) is 0 Å². The molecule has 9 nitrogen and oxygen atoms in total. The van der Waals surface area contributed by atoms with E-state index in [1.54, 1.807) is 13.0 Å². The number of carbonyl (C=O) groups excluding carboxylic acids is 4. The van der Waals surface area contributed by atoms with Gasteiger partial charge in [0.1, 0.15) is 17.1 Å². The van der Waals surface area contributed by atoms with Gasteiger partial charge < -0.3 is 26.2 Å². The third-order valence-electron chi connectivity index (χ3n) is 5.77. The lowest BCUT2D eigenvalue weighted by Gasteiger charge is -2.40. The monoisotopic (exact) mass is 397 g/mol. The van der Waals surface area contributed by atoms with Gasteiger partial charge in [-0.2, -0.15) is 0 Å². The zero-order valence-electron chi connectivity index (χ0n) is 15.0. The Balaban J connectivity index is 2.08. The Hall–Kier alpha value is -3.72. The highest BCUT2D eigenvalue weighted by Gasteiger charge is 2.63. The second kappa shape index (κ2) is 5.65. The predicted molar refractivity (Wildman–Crippen MR) is 97.4 cm³/mol. The van der Waals surface area contributed by atoms with Gasteiger partial charge in [-0.15, -0.1) is 0 Å². The summed E-state index contributed by atoms with van der Waals surface area (Å²) in [6.45, 7) is 1.59. The predicted octanol–water partition coefficient (Wildman–Crippen LogP) is 0.0947. The van der Waals surface area contributed by atoms with Crippen molar-refractivity contribution in [2.45, 2.75) is 18.9 Å². The van der Waals surface area contributed by atoms with E-state index in [0.717, 1.165) is 0 Å². The Bertz CT molecular complexity index is 1220. The zero-order chi connectivity index (χ0) is 21.4. The van der Waals surface area contributed by atoms with Gasteiger partial charge in [0, 0.05) is 0 Å². The highest BCUT2D eigenvalue weighted by atomic mass is 16.3. The molecule has 1 amide bonds. The number of allylic oxidation sites excluding steroid dienone is 1. The molecule has 0 heterocycles. The quantitative estimate of drug-likeness (QED) is 0.332. The van der Waals surface area contributed by atoms with Gasteiger partial charge in [0.05, 0.1) is 16.9 Å². The summed E-state index contributed by atoms with van der Waals surface area (Å²) in [5.74, 6) is -9.32. The molecule has 0 saturated carbocycles. The third-order valence-corrected chi connectivity index (χ3v) is 5.77. The Kier molecular flexibility index (Phi) is 3.63. The third kappa shape index (κ3) is 2.07. The number of aryl methyl sites for hydroxylation is 1. The molecule has 0 spiro atoms. The molecule has 0 aromatic heterocycles. The molecule has 0 bridgehead atoms. The van der Waals surface area contributed by atoms with E-state index in [4.69, 9.17) is 5.73 Å². The maximum absolute atomic E-state index is 13.2. The summed E-state index contributed by atoms with van der Waals surface area (Å²) in [5, 5.41) is 42.2. The largest absolute Gasteiger partial charge is 0.507 e. The molecule has 2 aromatic rings. The average molecular weight is 397 g/mol. The van der Waals surface area contributed by atoms with Gasteiger partial charge in [0.25, 0.3) is 5.91 Å². The van der Waals surface area contributed by atoms with Crippen LogP contribution in [-0.4, -0.2) is 49.3 Å². The number of Topliss-reactive ketones (excluding diaryl/α,β-unsaturated/α-hetero) is 3. The summed E-state index contributed by atoms with van der Waals surface area (Å²) in [5.41, 5.74) is 1.08. The summed E-state index contributed by atoms with van der Waals surface area (Å²) < 4.78 is 0. The van der Waals surface area contributed by atoms with Crippen LogP contribution in [0.25, 0.3) is 10.8 Å². The van der Waals surface area contributed by atoms with Gasteiger partial charge in [-0.25, -0.2) is 0 Å². The van der Waals surface area contributed by atoms with Crippen LogP contribution in [-0.2, 0) is 20.8 Å². The molecule has 0 fully saturated rings. The minimum Gasteiger partial charge on any atom is -0.507 e. The first-order chi connectivity index (χ1) is 13.5. The van der Waals surface area contributed by atoms with E-state index in [1.165, 1.54) is 12.1 Å². The number of aliphatic hydroxyl groups is 2. The van der Waals surface area contributed by atoms with E-state index in [1.807, 2.05) is 0 Å². The summed E-state index contributed by atoms with van der Waals surface area (Å²) in [6, 6.07) is 4.41. The van der Waals surface area contributed by atoms with Crippen LogP contribution in [0.1, 0.15) is 21.5 Å². The number of amides is 1. The normalized spacial score (nSPS) is 23.9. The van der Waals surface area contributed by atoms with E-state index in [9.17, 15) is 39.6 Å². The molecule has 4 rings (SSSR count). The van der Waals surface area contributed by atoms with Gasteiger partial charge in [0.2, 0.25) is 23.0 Å². The lowest BCUT2D eigenvalue weighted by atomic mass is 9.62. The number of ketones is 3. The summed E-state index contributed by atoms with van der Waals surface area (Å²) in [7, 11) is 0. The average Bonchev–Trinajstić information content (AvgIpc) is 2.66. The van der Waals surface area contributed by atoms with Crippen LogP contribution in [0.5, 0.6) is 11.5 Å². The topological polar surface area (TPSA) is 175 Å². The standard InChI is InChI=1S/C20H15NO8/c1-6-7-3-2-4-10(22)11(7)15(24)12-8(6)5-9-14(23)16(25)13(19(21)28)18(27)20(9,29)17(12)26/h2-4,9,22,24-25,29H,5H2,1H3,(H2,21,28)/t9?,20-/m1/s1. The first kappa shape index (κ1) is 18.6. The van der Waals surface area contributed by atoms with E-state index >= 15 is 0 Å². The molecule has 2 aliphatic carbocycles. The number of primary amides is 1. The van der Waals surface area contributed by atoms with E-state index in [-0.39, 0.29) is 23.1 Å². The number of aliphatic hydroxyl groups excluding tert-OH is 1. The van der Waals surface area contributed by atoms with Gasteiger partial charge >= 0.3 is 0 Å². The fraction of sp³-hybridized carbons (Fsp3) is 0.200. The van der Waals surface area contributed by atoms with Crippen LogP contribution in [0.2, 0.25) is 0 Å². The minimum absolute atomic E-state index is 0.0535. The highest BCUT2D eigenvalue weighted by molar-refractivity contribution is 6.38. The second-order valence-electron chi connectivity index (χ2n) is 7.16. The Labute approximate surface area is 162 Å². The van der Waals surface area contributed by atoms with Crippen LogP contribution in [0, 0.1) is 12.8 Å². The van der Waals surface area contributed by atoms with Crippen LogP contribution < -0.4 is 5.73 Å². The van der Waals surface area contributed by atoms with Crippen molar-refractivity contribution < 1.29 is 39.6 Å². The fourth-order valence-corrected chi connectivity index (χ4v) is 4.28. The van der Waals surface area contributed by atoms with Crippen molar-refractivity contribution in [2.24, 2.45) is 11.7 Å². The molecule has 6 N–H and O–H groups in total. The molecule has 0 saturated heterocycles. The first-order valence-corrected chi connectivity index (χ1v) is 8.58. The van der Waals surface area contributed by atoms with Crippen LogP contribution in [0.15, 0.2) is 29.5 Å². The van der Waals surface area contributed by atoms with Crippen molar-refractivity contribution in [3.8, 4) is 11.5 Å². The fourth-order valence-electron chi connectivity index (χ4n) is 4.28. The lowest BCUT2D eigenvalue weighted by molar-refractivity contribution is -0.146. The Morgan fingerprint density at radius 2 is 1.79 bits per heavy atom. The highest BCUT2D eigenvalue weighted by Crippen LogP contribution is 2.48. The molecule has 148 valence electrons. The van der Waals surface area contributed by atoms with Crippen LogP contribution in [0.4, 0.5) is 0 Å². The van der Waals surface area contributed by atoms with E-state index in [0.29, 0.717) is 10.9 Å². The lowest BCUT2D eigenvalue weighted by Crippen LogP contribution is -2.62. The molecular formula is C20H15NO8. The van der Waals surface area contributed by atoms with E-state index < -0.39 is 57.4 Å². The maximum Gasteiger partial charge on any atom is 0.256 e. The first-order valence-electron chi connectivity index (χ1n) is 8.58. The second-order valence-corrected chi connectivity index (χ2v) is 7.16. The molecule has 2 aliphatic rings. The van der Waals surface area contributed by atoms with Gasteiger partial charge in [-0.1, -0.05) is 12.1 Å². The number of phenolic OH excluding ortho intramolecular Hbond substituents is 2. The zero-order valence-corrected chi connectivity index (χ0v) is 15.0. The molecule has 0 radical (unpaired) electrons. The summed E-state index contributed by atoms with van der Waals surface area (Å²) in [4.78, 5) is 50.1. The number of carbonyl (C=O) groups is 4. The molecule has 2 atom stereocenters. The van der Waals surface area contributed by atoms with Crippen molar-refractivity contribution in [2.75, 3.05) is 0 Å². The number of rotatable bonds is 1. The molecule has 29 heavy (non-hydrogen) atoms. The van der Waals surface area contributed by atoms with Gasteiger partial charge in [-0.3, -0.25) is 19.2 Å². The van der Waals surface area contributed by atoms with Crippen molar-refractivity contribution in [3.63, 3.8) is 0 Å². The molecule has 1 unspecified atom stereocenters. The number of benzene rings is 2. The van der Waals surface area contributed by atoms with Crippen molar-refractivity contribution in [3.05, 3.63) is 46.2 Å². The van der Waals surface area contributed by atoms with Crippen LogP contribution >= 0.6 is 0 Å². The molecule has 0 aliphatic heterocycles. The number of phenols is 2. The van der Waals surface area contributed by atoms with Crippen molar-refractivity contribution >= 4 is 34.0 Å².